The minimum Gasteiger partial charge on any atom is -0.342 e. The lowest BCUT2D eigenvalue weighted by Gasteiger charge is -2.24. The summed E-state index contributed by atoms with van der Waals surface area (Å²) in [6.07, 6.45) is 1.35. The van der Waals surface area contributed by atoms with Gasteiger partial charge in [0, 0.05) is 6.54 Å². The van der Waals surface area contributed by atoms with Gasteiger partial charge < -0.3 is 4.90 Å². The first kappa shape index (κ1) is 6.52. The largest absolute Gasteiger partial charge is 0.342 e. The fraction of sp³-hybridized carbons (Fsp3) is 0.833. The smallest absolute Gasteiger partial charge is 0.209 e. The molecule has 1 amide bonds. The summed E-state index contributed by atoms with van der Waals surface area (Å²) in [6, 6.07) is 0. The maximum atomic E-state index is 12.4. The van der Waals surface area contributed by atoms with E-state index in [4.69, 9.17) is 0 Å². The molecule has 9 heavy (non-hydrogen) atoms. The van der Waals surface area contributed by atoms with Crippen molar-refractivity contribution in [1.82, 2.24) is 4.90 Å². The molecular weight excluding hydrogens is 121 g/mol. The number of piperidine rings is 1. The van der Waals surface area contributed by atoms with Crippen molar-refractivity contribution in [3.05, 3.63) is 0 Å². The molecule has 0 aromatic carbocycles. The normalized spacial score (nSPS) is 28.1. The van der Waals surface area contributed by atoms with Gasteiger partial charge in [-0.05, 0) is 12.8 Å². The number of amides is 1. The van der Waals surface area contributed by atoms with E-state index < -0.39 is 6.17 Å². The number of carbonyl (C=O) groups excluding carboxylic acids is 1. The highest BCUT2D eigenvalue weighted by atomic mass is 19.1. The summed E-state index contributed by atoms with van der Waals surface area (Å²) in [5.74, 6) is 0. The average Bonchev–Trinajstić information content (AvgIpc) is 1.88. The van der Waals surface area contributed by atoms with Crippen LogP contribution in [0.3, 0.4) is 0 Å². The van der Waals surface area contributed by atoms with E-state index >= 15 is 0 Å². The number of likely N-dealkylation sites (tertiary alicyclic amines) is 1. The monoisotopic (exact) mass is 131 g/mol. The SMILES string of the molecule is O=CN1CCC[C@@H](F)C1. The second-order valence-electron chi connectivity index (χ2n) is 2.34. The molecule has 1 heterocycles. The van der Waals surface area contributed by atoms with Gasteiger partial charge in [-0.1, -0.05) is 0 Å². The van der Waals surface area contributed by atoms with Crippen molar-refractivity contribution in [2.45, 2.75) is 19.0 Å². The average molecular weight is 131 g/mol. The van der Waals surface area contributed by atoms with Crippen molar-refractivity contribution in [3.63, 3.8) is 0 Å². The molecule has 52 valence electrons. The molecule has 0 bridgehead atoms. The van der Waals surface area contributed by atoms with Gasteiger partial charge in [-0.2, -0.15) is 0 Å². The third kappa shape index (κ3) is 1.66. The predicted octanol–water partition coefficient (Wildman–Crippen LogP) is 0.577. The Morgan fingerprint density at radius 1 is 1.67 bits per heavy atom. The molecule has 0 unspecified atom stereocenters. The Morgan fingerprint density at radius 2 is 2.44 bits per heavy atom. The first-order valence-electron chi connectivity index (χ1n) is 3.16. The van der Waals surface area contributed by atoms with Crippen LogP contribution in [0, 0.1) is 0 Å². The first-order chi connectivity index (χ1) is 4.33. The van der Waals surface area contributed by atoms with E-state index in [9.17, 15) is 9.18 Å². The molecule has 1 aliphatic heterocycles. The summed E-state index contributed by atoms with van der Waals surface area (Å²) in [5.41, 5.74) is 0. The highest BCUT2D eigenvalue weighted by Gasteiger charge is 2.16. The fourth-order valence-corrected chi connectivity index (χ4v) is 1.05. The zero-order chi connectivity index (χ0) is 6.69. The van der Waals surface area contributed by atoms with Crippen LogP contribution in [0.1, 0.15) is 12.8 Å². The van der Waals surface area contributed by atoms with Gasteiger partial charge in [-0.15, -0.1) is 0 Å². The molecule has 0 radical (unpaired) electrons. The highest BCUT2D eigenvalue weighted by Crippen LogP contribution is 2.10. The number of carbonyl (C=O) groups is 1. The lowest BCUT2D eigenvalue weighted by atomic mass is 10.1. The number of hydrogen-bond acceptors (Lipinski definition) is 1. The summed E-state index contributed by atoms with van der Waals surface area (Å²) in [7, 11) is 0. The third-order valence-electron chi connectivity index (χ3n) is 1.54. The van der Waals surface area contributed by atoms with E-state index in [-0.39, 0.29) is 0 Å². The van der Waals surface area contributed by atoms with Gasteiger partial charge in [0.15, 0.2) is 0 Å². The van der Waals surface area contributed by atoms with Gasteiger partial charge in [0.1, 0.15) is 6.17 Å². The fourth-order valence-electron chi connectivity index (χ4n) is 1.05. The number of halogens is 1. The second kappa shape index (κ2) is 2.80. The highest BCUT2D eigenvalue weighted by molar-refractivity contribution is 5.47. The zero-order valence-electron chi connectivity index (χ0n) is 5.22. The minimum absolute atomic E-state index is 0.295. The van der Waals surface area contributed by atoms with Crippen molar-refractivity contribution >= 4 is 6.41 Å². The number of hydrogen-bond donors (Lipinski definition) is 0. The molecular formula is C6H10FNO. The quantitative estimate of drug-likeness (QED) is 0.476. The molecule has 1 fully saturated rings. The Balaban J connectivity index is 2.31. The van der Waals surface area contributed by atoms with E-state index in [2.05, 4.69) is 0 Å². The lowest BCUT2D eigenvalue weighted by Crippen LogP contribution is -2.35. The molecule has 2 nitrogen and oxygen atoms in total. The van der Waals surface area contributed by atoms with Crippen molar-refractivity contribution < 1.29 is 9.18 Å². The zero-order valence-corrected chi connectivity index (χ0v) is 5.22. The molecule has 1 aliphatic rings. The van der Waals surface area contributed by atoms with Gasteiger partial charge in [0.25, 0.3) is 0 Å². The van der Waals surface area contributed by atoms with Gasteiger partial charge >= 0.3 is 0 Å². The summed E-state index contributed by atoms with van der Waals surface area (Å²) >= 11 is 0. The van der Waals surface area contributed by atoms with Crippen LogP contribution in [0.25, 0.3) is 0 Å². The van der Waals surface area contributed by atoms with Crippen LogP contribution >= 0.6 is 0 Å². The first-order valence-corrected chi connectivity index (χ1v) is 3.16. The van der Waals surface area contributed by atoms with Crippen LogP contribution in [0.2, 0.25) is 0 Å². The Labute approximate surface area is 53.6 Å². The van der Waals surface area contributed by atoms with Crippen LogP contribution in [0.5, 0.6) is 0 Å². The van der Waals surface area contributed by atoms with Gasteiger partial charge in [-0.3, -0.25) is 4.79 Å². The Hall–Kier alpha value is -0.600. The van der Waals surface area contributed by atoms with E-state index in [1.165, 1.54) is 4.90 Å². The predicted molar refractivity (Wildman–Crippen MR) is 31.8 cm³/mol. The molecule has 1 saturated heterocycles. The van der Waals surface area contributed by atoms with Gasteiger partial charge in [-0.25, -0.2) is 4.39 Å². The topological polar surface area (TPSA) is 20.3 Å². The molecule has 0 spiro atoms. The maximum Gasteiger partial charge on any atom is 0.209 e. The molecule has 1 atom stereocenters. The van der Waals surface area contributed by atoms with Crippen LogP contribution < -0.4 is 0 Å². The molecule has 0 aromatic heterocycles. The number of alkyl halides is 1. The summed E-state index contributed by atoms with van der Waals surface area (Å²) in [6.45, 7) is 1.02. The van der Waals surface area contributed by atoms with E-state index in [0.717, 1.165) is 13.0 Å². The Kier molecular flexibility index (Phi) is 2.03. The summed E-state index contributed by atoms with van der Waals surface area (Å²) < 4.78 is 12.4. The maximum absolute atomic E-state index is 12.4. The minimum atomic E-state index is -0.788. The van der Waals surface area contributed by atoms with E-state index in [0.29, 0.717) is 19.4 Å². The van der Waals surface area contributed by atoms with Crippen molar-refractivity contribution in [3.8, 4) is 0 Å². The number of nitrogens with zero attached hydrogens (tertiary/aromatic N) is 1. The van der Waals surface area contributed by atoms with Crippen molar-refractivity contribution in [2.24, 2.45) is 0 Å². The Bertz CT molecular complexity index is 107. The molecule has 1 rings (SSSR count). The third-order valence-corrected chi connectivity index (χ3v) is 1.54. The van der Waals surface area contributed by atoms with Crippen molar-refractivity contribution in [1.29, 1.82) is 0 Å². The van der Waals surface area contributed by atoms with Crippen LogP contribution in [-0.4, -0.2) is 30.6 Å². The summed E-state index contributed by atoms with van der Waals surface area (Å²) in [5, 5.41) is 0. The molecule has 0 aromatic rings. The van der Waals surface area contributed by atoms with E-state index in [1.54, 1.807) is 0 Å². The van der Waals surface area contributed by atoms with Crippen molar-refractivity contribution in [2.75, 3.05) is 13.1 Å². The van der Waals surface area contributed by atoms with Gasteiger partial charge in [0.05, 0.1) is 6.54 Å². The lowest BCUT2D eigenvalue weighted by molar-refractivity contribution is -0.120. The second-order valence-corrected chi connectivity index (χ2v) is 2.34. The molecule has 0 saturated carbocycles. The van der Waals surface area contributed by atoms with Crippen LogP contribution in [-0.2, 0) is 4.79 Å². The molecule has 3 heteroatoms. The van der Waals surface area contributed by atoms with Crippen LogP contribution in [0.4, 0.5) is 4.39 Å². The summed E-state index contributed by atoms with van der Waals surface area (Å²) in [4.78, 5) is 11.5. The van der Waals surface area contributed by atoms with Crippen LogP contribution in [0.15, 0.2) is 0 Å². The molecule has 0 aliphatic carbocycles. The van der Waals surface area contributed by atoms with Gasteiger partial charge in [0.2, 0.25) is 6.41 Å². The Morgan fingerprint density at radius 3 is 2.89 bits per heavy atom. The van der Waals surface area contributed by atoms with E-state index in [1.807, 2.05) is 0 Å². The molecule has 0 N–H and O–H groups in total. The number of rotatable bonds is 1. The standard InChI is InChI=1S/C6H10FNO/c7-6-2-1-3-8(4-6)5-9/h5-6H,1-4H2/t6-/m1/s1.